The zero-order chi connectivity index (χ0) is 8.32. The normalized spacial score (nSPS) is 19.7. The number of nitrogens with one attached hydrogen (secondary N) is 1. The minimum absolute atomic E-state index is 0.179. The Balaban J connectivity index is 2.64. The molecule has 0 aromatic rings. The summed E-state index contributed by atoms with van der Waals surface area (Å²) in [7, 11) is 0. The van der Waals surface area contributed by atoms with Crippen molar-refractivity contribution in [2.45, 2.75) is 12.3 Å². The zero-order valence-corrected chi connectivity index (χ0v) is 6.24. The van der Waals surface area contributed by atoms with E-state index in [0.717, 1.165) is 0 Å². The molecule has 0 aliphatic carbocycles. The van der Waals surface area contributed by atoms with Crippen LogP contribution in [-0.2, 0) is 0 Å². The molecule has 4 heteroatoms. The molecule has 0 aromatic carbocycles. The van der Waals surface area contributed by atoms with Crippen molar-refractivity contribution in [2.75, 3.05) is 19.6 Å². The smallest absolute Gasteiger partial charge is 0.281 e. The fourth-order valence-corrected chi connectivity index (χ4v) is 1.09. The molecule has 64 valence electrons. The summed E-state index contributed by atoms with van der Waals surface area (Å²) in [5.74, 6) is -2.79. The maximum Gasteiger partial charge on any atom is 0.281 e. The van der Waals surface area contributed by atoms with Crippen LogP contribution in [0.4, 0.5) is 8.78 Å². The Kier molecular flexibility index (Phi) is 2.57. The molecule has 0 aromatic heterocycles. The second-order valence-corrected chi connectivity index (χ2v) is 2.59. The molecule has 1 aliphatic heterocycles. The van der Waals surface area contributed by atoms with Gasteiger partial charge in [-0.2, -0.15) is 0 Å². The maximum atomic E-state index is 12.8. The summed E-state index contributed by atoms with van der Waals surface area (Å²) in [6, 6.07) is 0. The molecule has 0 radical (unpaired) electrons. The third-order valence-corrected chi connectivity index (χ3v) is 1.79. The van der Waals surface area contributed by atoms with Crippen LogP contribution in [0, 0.1) is 0 Å². The van der Waals surface area contributed by atoms with E-state index in [1.54, 1.807) is 0 Å². The monoisotopic (exact) mass is 162 g/mol. The zero-order valence-electron chi connectivity index (χ0n) is 6.24. The minimum Gasteiger partial charge on any atom is -0.325 e. The van der Waals surface area contributed by atoms with E-state index < -0.39 is 12.5 Å². The van der Waals surface area contributed by atoms with Gasteiger partial charge in [0.2, 0.25) is 0 Å². The van der Waals surface area contributed by atoms with Crippen molar-refractivity contribution >= 4 is 0 Å². The molecule has 0 saturated heterocycles. The van der Waals surface area contributed by atoms with Gasteiger partial charge in [0.25, 0.3) is 5.92 Å². The molecule has 1 aliphatic rings. The number of hydrogen-bond donors (Lipinski definition) is 2. The van der Waals surface area contributed by atoms with Gasteiger partial charge in [-0.3, -0.25) is 0 Å². The van der Waals surface area contributed by atoms with Crippen molar-refractivity contribution in [1.29, 1.82) is 0 Å². The third-order valence-electron chi connectivity index (χ3n) is 1.79. The number of rotatable bonds is 2. The SMILES string of the molecule is NCC(F)(F)C1=CCNCC1. The molecule has 0 bridgehead atoms. The van der Waals surface area contributed by atoms with Crippen LogP contribution < -0.4 is 11.1 Å². The van der Waals surface area contributed by atoms with E-state index >= 15 is 0 Å². The number of alkyl halides is 2. The van der Waals surface area contributed by atoms with Gasteiger partial charge in [-0.15, -0.1) is 0 Å². The molecule has 0 unspecified atom stereocenters. The summed E-state index contributed by atoms with van der Waals surface area (Å²) in [5.41, 5.74) is 5.11. The number of halogens is 2. The molecule has 2 nitrogen and oxygen atoms in total. The summed E-state index contributed by atoms with van der Waals surface area (Å²) >= 11 is 0. The predicted molar refractivity (Wildman–Crippen MR) is 39.6 cm³/mol. The van der Waals surface area contributed by atoms with Crippen LogP contribution in [0.2, 0.25) is 0 Å². The van der Waals surface area contributed by atoms with Crippen LogP contribution in [0.3, 0.4) is 0 Å². The van der Waals surface area contributed by atoms with Gasteiger partial charge < -0.3 is 11.1 Å². The highest BCUT2D eigenvalue weighted by atomic mass is 19.3. The van der Waals surface area contributed by atoms with E-state index in [2.05, 4.69) is 5.32 Å². The average Bonchev–Trinajstić information content (AvgIpc) is 2.06. The van der Waals surface area contributed by atoms with Crippen LogP contribution in [-0.4, -0.2) is 25.6 Å². The Morgan fingerprint density at radius 1 is 1.64 bits per heavy atom. The average molecular weight is 162 g/mol. The Hall–Kier alpha value is -0.480. The number of hydrogen-bond acceptors (Lipinski definition) is 2. The minimum atomic E-state index is -2.79. The van der Waals surface area contributed by atoms with Crippen molar-refractivity contribution in [1.82, 2.24) is 5.32 Å². The lowest BCUT2D eigenvalue weighted by atomic mass is 10.0. The van der Waals surface area contributed by atoms with E-state index in [1.165, 1.54) is 6.08 Å². The van der Waals surface area contributed by atoms with Crippen LogP contribution in [0.5, 0.6) is 0 Å². The van der Waals surface area contributed by atoms with E-state index in [1.807, 2.05) is 0 Å². The lowest BCUT2D eigenvalue weighted by molar-refractivity contribution is 0.0467. The topological polar surface area (TPSA) is 38.0 Å². The Bertz CT molecular complexity index is 166. The first-order chi connectivity index (χ1) is 5.17. The first-order valence-corrected chi connectivity index (χ1v) is 3.65. The lowest BCUT2D eigenvalue weighted by Crippen LogP contribution is -2.34. The van der Waals surface area contributed by atoms with Crippen LogP contribution in [0.15, 0.2) is 11.6 Å². The Morgan fingerprint density at radius 2 is 2.36 bits per heavy atom. The molecule has 3 N–H and O–H groups in total. The first kappa shape index (κ1) is 8.62. The fourth-order valence-electron chi connectivity index (χ4n) is 1.09. The van der Waals surface area contributed by atoms with E-state index in [9.17, 15) is 8.78 Å². The van der Waals surface area contributed by atoms with Crippen LogP contribution in [0.25, 0.3) is 0 Å². The van der Waals surface area contributed by atoms with E-state index in [0.29, 0.717) is 19.5 Å². The molecular formula is C7H12F2N2. The van der Waals surface area contributed by atoms with Crippen molar-refractivity contribution in [3.63, 3.8) is 0 Å². The summed E-state index contributed by atoms with van der Waals surface area (Å²) < 4.78 is 25.6. The molecule has 0 fully saturated rings. The van der Waals surface area contributed by atoms with Gasteiger partial charge in [-0.25, -0.2) is 8.78 Å². The molecule has 0 amide bonds. The summed E-state index contributed by atoms with van der Waals surface area (Å²) in [5, 5.41) is 2.96. The Labute approximate surface area is 64.5 Å². The van der Waals surface area contributed by atoms with Crippen molar-refractivity contribution in [3.8, 4) is 0 Å². The largest absolute Gasteiger partial charge is 0.325 e. The summed E-state index contributed by atoms with van der Waals surface area (Å²) in [4.78, 5) is 0. The first-order valence-electron chi connectivity index (χ1n) is 3.65. The van der Waals surface area contributed by atoms with Gasteiger partial charge in [-0.05, 0) is 18.5 Å². The lowest BCUT2D eigenvalue weighted by Gasteiger charge is -2.21. The predicted octanol–water partition coefficient (Wildman–Crippen LogP) is 0.500. The van der Waals surface area contributed by atoms with E-state index in [-0.39, 0.29) is 5.57 Å². The van der Waals surface area contributed by atoms with Crippen LogP contribution in [0.1, 0.15) is 6.42 Å². The quantitative estimate of drug-likeness (QED) is 0.580. The standard InChI is InChI=1S/C7H12F2N2/c8-7(9,5-10)6-1-3-11-4-2-6/h1,11H,2-5,10H2. The molecule has 11 heavy (non-hydrogen) atoms. The van der Waals surface area contributed by atoms with Crippen molar-refractivity contribution in [2.24, 2.45) is 5.73 Å². The molecular weight excluding hydrogens is 150 g/mol. The molecule has 0 spiro atoms. The second kappa shape index (κ2) is 3.28. The highest BCUT2D eigenvalue weighted by Crippen LogP contribution is 2.25. The molecule has 0 saturated carbocycles. The van der Waals surface area contributed by atoms with Crippen LogP contribution >= 0.6 is 0 Å². The van der Waals surface area contributed by atoms with Crippen molar-refractivity contribution in [3.05, 3.63) is 11.6 Å². The fraction of sp³-hybridized carbons (Fsp3) is 0.714. The highest BCUT2D eigenvalue weighted by Gasteiger charge is 2.32. The molecule has 1 rings (SSSR count). The summed E-state index contributed by atoms with van der Waals surface area (Å²) in [6.07, 6.45) is 1.93. The van der Waals surface area contributed by atoms with Crippen molar-refractivity contribution < 1.29 is 8.78 Å². The molecule has 1 heterocycles. The summed E-state index contributed by atoms with van der Waals surface area (Å²) in [6.45, 7) is 0.575. The van der Waals surface area contributed by atoms with Gasteiger partial charge >= 0.3 is 0 Å². The number of nitrogens with two attached hydrogens (primary N) is 1. The van der Waals surface area contributed by atoms with Gasteiger partial charge in [0.1, 0.15) is 0 Å². The van der Waals surface area contributed by atoms with Gasteiger partial charge in [0.15, 0.2) is 0 Å². The molecule has 0 atom stereocenters. The third kappa shape index (κ3) is 1.97. The second-order valence-electron chi connectivity index (χ2n) is 2.59. The highest BCUT2D eigenvalue weighted by molar-refractivity contribution is 5.16. The van der Waals surface area contributed by atoms with E-state index in [4.69, 9.17) is 5.73 Å². The Morgan fingerprint density at radius 3 is 2.82 bits per heavy atom. The van der Waals surface area contributed by atoms with Gasteiger partial charge in [0, 0.05) is 6.54 Å². The van der Waals surface area contributed by atoms with Gasteiger partial charge in [-0.1, -0.05) is 6.08 Å². The maximum absolute atomic E-state index is 12.8. The van der Waals surface area contributed by atoms with Gasteiger partial charge in [0.05, 0.1) is 6.54 Å².